The molecule has 17 heavy (non-hydrogen) atoms. The lowest BCUT2D eigenvalue weighted by Crippen LogP contribution is -2.38. The Hall–Kier alpha value is -0.820. The highest BCUT2D eigenvalue weighted by atomic mass is 14.9. The molecule has 0 amide bonds. The summed E-state index contributed by atoms with van der Waals surface area (Å²) in [6, 6.07) is 7.96. The van der Waals surface area contributed by atoms with E-state index in [4.69, 9.17) is 0 Å². The third-order valence-corrected chi connectivity index (χ3v) is 4.11. The summed E-state index contributed by atoms with van der Waals surface area (Å²) in [7, 11) is 0. The Morgan fingerprint density at radius 2 is 1.65 bits per heavy atom. The number of benzene rings is 1. The minimum atomic E-state index is 0.462. The molecule has 0 heterocycles. The van der Waals surface area contributed by atoms with Crippen molar-refractivity contribution in [3.63, 3.8) is 0 Å². The number of nitrogens with one attached hydrogen (secondary N) is 1. The number of aryl methyl sites for hydroxylation is 2. The predicted octanol–water partition coefficient (Wildman–Crippen LogP) is 4.14. The Bertz CT molecular complexity index is 359. The third-order valence-electron chi connectivity index (χ3n) is 4.11. The van der Waals surface area contributed by atoms with Crippen LogP contribution in [0.3, 0.4) is 0 Å². The van der Waals surface area contributed by atoms with Crippen molar-refractivity contribution in [3.05, 3.63) is 34.9 Å². The molecule has 94 valence electrons. The van der Waals surface area contributed by atoms with Gasteiger partial charge < -0.3 is 5.32 Å². The molecule has 1 aliphatic rings. The summed E-state index contributed by atoms with van der Waals surface area (Å²) >= 11 is 0. The fraction of sp³-hybridized carbons (Fsp3) is 0.625. The van der Waals surface area contributed by atoms with Gasteiger partial charge in [0, 0.05) is 12.1 Å². The standard InChI is InChI=1S/C16H25N/c1-11-8-12(2)10-16(9-11)14(4)17-13(3)15-6-5-7-15/h8-10,13-15,17H,5-7H2,1-4H3. The van der Waals surface area contributed by atoms with E-state index < -0.39 is 0 Å². The quantitative estimate of drug-likeness (QED) is 0.821. The Labute approximate surface area is 106 Å². The van der Waals surface area contributed by atoms with E-state index in [2.05, 4.69) is 51.2 Å². The van der Waals surface area contributed by atoms with Crippen molar-refractivity contribution in [3.8, 4) is 0 Å². The highest BCUT2D eigenvalue weighted by Gasteiger charge is 2.24. The van der Waals surface area contributed by atoms with Crippen LogP contribution in [0.5, 0.6) is 0 Å². The second-order valence-corrected chi connectivity index (χ2v) is 5.79. The maximum absolute atomic E-state index is 3.75. The number of hydrogen-bond acceptors (Lipinski definition) is 1. The van der Waals surface area contributed by atoms with Crippen LogP contribution >= 0.6 is 0 Å². The molecule has 1 nitrogen and oxygen atoms in total. The van der Waals surface area contributed by atoms with Gasteiger partial charge in [-0.05, 0) is 52.0 Å². The van der Waals surface area contributed by atoms with E-state index in [0.29, 0.717) is 12.1 Å². The molecule has 2 unspecified atom stereocenters. The molecule has 1 N–H and O–H groups in total. The van der Waals surface area contributed by atoms with E-state index in [1.54, 1.807) is 0 Å². The summed E-state index contributed by atoms with van der Waals surface area (Å²) in [6.45, 7) is 8.98. The summed E-state index contributed by atoms with van der Waals surface area (Å²) in [6.07, 6.45) is 4.25. The normalized spacial score (nSPS) is 19.8. The van der Waals surface area contributed by atoms with E-state index in [0.717, 1.165) is 5.92 Å². The van der Waals surface area contributed by atoms with E-state index >= 15 is 0 Å². The van der Waals surface area contributed by atoms with E-state index in [1.165, 1.54) is 36.0 Å². The molecule has 2 atom stereocenters. The SMILES string of the molecule is Cc1cc(C)cc(C(C)NC(C)C2CCC2)c1. The highest BCUT2D eigenvalue weighted by molar-refractivity contribution is 5.30. The predicted molar refractivity (Wildman–Crippen MR) is 74.3 cm³/mol. The lowest BCUT2D eigenvalue weighted by atomic mass is 9.80. The molecule has 1 saturated carbocycles. The smallest absolute Gasteiger partial charge is 0.0294 e. The minimum absolute atomic E-state index is 0.462. The van der Waals surface area contributed by atoms with Crippen LogP contribution in [0.4, 0.5) is 0 Å². The van der Waals surface area contributed by atoms with E-state index in [-0.39, 0.29) is 0 Å². The summed E-state index contributed by atoms with van der Waals surface area (Å²) in [4.78, 5) is 0. The van der Waals surface area contributed by atoms with E-state index in [9.17, 15) is 0 Å². The van der Waals surface area contributed by atoms with Crippen molar-refractivity contribution in [2.45, 2.75) is 59.0 Å². The largest absolute Gasteiger partial charge is 0.307 e. The summed E-state index contributed by atoms with van der Waals surface area (Å²) in [5.41, 5.74) is 4.16. The van der Waals surface area contributed by atoms with E-state index in [1.807, 2.05) is 0 Å². The topological polar surface area (TPSA) is 12.0 Å². The van der Waals surface area contributed by atoms with Gasteiger partial charge in [0.2, 0.25) is 0 Å². The number of hydrogen-bond donors (Lipinski definition) is 1. The zero-order valence-corrected chi connectivity index (χ0v) is 11.6. The fourth-order valence-electron chi connectivity index (χ4n) is 2.83. The minimum Gasteiger partial charge on any atom is -0.307 e. The van der Waals surface area contributed by atoms with Crippen molar-refractivity contribution in [2.75, 3.05) is 0 Å². The van der Waals surface area contributed by atoms with Crippen LogP contribution in [0.2, 0.25) is 0 Å². The van der Waals surface area contributed by atoms with Gasteiger partial charge in [-0.2, -0.15) is 0 Å². The average molecular weight is 231 g/mol. The van der Waals surface area contributed by atoms with Crippen LogP contribution in [0, 0.1) is 19.8 Å². The average Bonchev–Trinajstić information content (AvgIpc) is 2.12. The second-order valence-electron chi connectivity index (χ2n) is 5.79. The van der Waals surface area contributed by atoms with Gasteiger partial charge in [0.25, 0.3) is 0 Å². The lowest BCUT2D eigenvalue weighted by Gasteiger charge is -2.34. The van der Waals surface area contributed by atoms with Gasteiger partial charge in [-0.15, -0.1) is 0 Å². The molecule has 1 fully saturated rings. The van der Waals surface area contributed by atoms with Crippen LogP contribution in [0.1, 0.15) is 55.8 Å². The lowest BCUT2D eigenvalue weighted by molar-refractivity contribution is 0.229. The Morgan fingerprint density at radius 1 is 1.06 bits per heavy atom. The van der Waals surface area contributed by atoms with Crippen molar-refractivity contribution >= 4 is 0 Å². The van der Waals surface area contributed by atoms with Gasteiger partial charge in [-0.25, -0.2) is 0 Å². The first-order chi connectivity index (χ1) is 8.06. The molecule has 0 saturated heterocycles. The third kappa shape index (κ3) is 3.10. The van der Waals surface area contributed by atoms with Crippen molar-refractivity contribution in [2.24, 2.45) is 5.92 Å². The van der Waals surface area contributed by atoms with Gasteiger partial charge in [0.1, 0.15) is 0 Å². The monoisotopic (exact) mass is 231 g/mol. The molecule has 2 rings (SSSR count). The van der Waals surface area contributed by atoms with Crippen molar-refractivity contribution in [1.82, 2.24) is 5.32 Å². The molecular formula is C16H25N. The van der Waals surface area contributed by atoms with Crippen LogP contribution in [-0.2, 0) is 0 Å². The molecular weight excluding hydrogens is 206 g/mol. The van der Waals surface area contributed by atoms with Crippen molar-refractivity contribution < 1.29 is 0 Å². The second kappa shape index (κ2) is 5.22. The first-order valence-corrected chi connectivity index (χ1v) is 6.90. The fourth-order valence-corrected chi connectivity index (χ4v) is 2.83. The van der Waals surface area contributed by atoms with Gasteiger partial charge in [0.05, 0.1) is 0 Å². The van der Waals surface area contributed by atoms with Gasteiger partial charge in [0.15, 0.2) is 0 Å². The van der Waals surface area contributed by atoms with Gasteiger partial charge >= 0.3 is 0 Å². The molecule has 0 spiro atoms. The molecule has 1 aliphatic carbocycles. The molecule has 1 aromatic carbocycles. The molecule has 0 aromatic heterocycles. The van der Waals surface area contributed by atoms with Crippen LogP contribution in [0.25, 0.3) is 0 Å². The Morgan fingerprint density at radius 3 is 2.12 bits per heavy atom. The maximum atomic E-state index is 3.75. The first kappa shape index (κ1) is 12.6. The Balaban J connectivity index is 2.00. The highest BCUT2D eigenvalue weighted by Crippen LogP contribution is 2.30. The molecule has 1 aromatic rings. The van der Waals surface area contributed by atoms with Crippen LogP contribution in [-0.4, -0.2) is 6.04 Å². The summed E-state index contributed by atoms with van der Waals surface area (Å²) in [5, 5.41) is 3.75. The summed E-state index contributed by atoms with van der Waals surface area (Å²) < 4.78 is 0. The van der Waals surface area contributed by atoms with Crippen LogP contribution < -0.4 is 5.32 Å². The molecule has 0 bridgehead atoms. The maximum Gasteiger partial charge on any atom is 0.0294 e. The zero-order chi connectivity index (χ0) is 12.4. The first-order valence-electron chi connectivity index (χ1n) is 6.90. The Kier molecular flexibility index (Phi) is 3.88. The number of rotatable bonds is 4. The molecule has 1 heteroatoms. The summed E-state index contributed by atoms with van der Waals surface area (Å²) in [5.74, 6) is 0.906. The molecule has 0 aliphatic heterocycles. The van der Waals surface area contributed by atoms with Gasteiger partial charge in [-0.3, -0.25) is 0 Å². The van der Waals surface area contributed by atoms with Gasteiger partial charge in [-0.1, -0.05) is 35.7 Å². The van der Waals surface area contributed by atoms with Crippen LogP contribution in [0.15, 0.2) is 18.2 Å². The molecule has 0 radical (unpaired) electrons. The zero-order valence-electron chi connectivity index (χ0n) is 11.6. The van der Waals surface area contributed by atoms with Crippen molar-refractivity contribution in [1.29, 1.82) is 0 Å².